The van der Waals surface area contributed by atoms with Gasteiger partial charge in [0.15, 0.2) is 0 Å². The highest BCUT2D eigenvalue weighted by Gasteiger charge is 2.24. The molecule has 2 N–H and O–H groups in total. The number of para-hydroxylation sites is 2. The number of phenolic OH excluding ortho intramolecular Hbond substituents is 1. The molecular weight excluding hydrogens is 290 g/mol. The predicted molar refractivity (Wildman–Crippen MR) is 79.9 cm³/mol. The Morgan fingerprint density at radius 3 is 2.90 bits per heavy atom. The molecule has 108 valence electrons. The molecule has 21 heavy (non-hydrogen) atoms. The first-order chi connectivity index (χ1) is 10.2. The molecule has 4 nitrogen and oxygen atoms in total. The van der Waals surface area contributed by atoms with Gasteiger partial charge in [0.1, 0.15) is 11.5 Å². The molecule has 0 fully saturated rings. The summed E-state index contributed by atoms with van der Waals surface area (Å²) >= 11 is 5.83. The van der Waals surface area contributed by atoms with Crippen LogP contribution in [0.25, 0.3) is 0 Å². The zero-order valence-corrected chi connectivity index (χ0v) is 11.9. The monoisotopic (exact) mass is 303 g/mol. The van der Waals surface area contributed by atoms with Crippen LogP contribution in [0.3, 0.4) is 0 Å². The van der Waals surface area contributed by atoms with Crippen molar-refractivity contribution < 1.29 is 14.6 Å². The summed E-state index contributed by atoms with van der Waals surface area (Å²) < 4.78 is 5.56. The van der Waals surface area contributed by atoms with Gasteiger partial charge < -0.3 is 15.2 Å². The van der Waals surface area contributed by atoms with Crippen molar-refractivity contribution in [1.82, 2.24) is 5.32 Å². The Bertz CT molecular complexity index is 687. The molecule has 0 aliphatic carbocycles. The molecule has 1 atom stereocenters. The van der Waals surface area contributed by atoms with E-state index in [0.717, 1.165) is 11.3 Å². The normalized spacial score (nSPS) is 16.7. The van der Waals surface area contributed by atoms with E-state index < -0.39 is 0 Å². The van der Waals surface area contributed by atoms with Gasteiger partial charge in [0.25, 0.3) is 5.91 Å². The standard InChI is InChI=1S/C16H14ClNO3/c17-12-6-3-5-11(15(12)19)16(20)18-13-8-9-21-14-7-2-1-4-10(13)14/h1-7,13,19H,8-9H2,(H,18,20). The predicted octanol–water partition coefficient (Wildman–Crippen LogP) is 3.30. The van der Waals surface area contributed by atoms with Crippen molar-refractivity contribution in [3.8, 4) is 11.5 Å². The van der Waals surface area contributed by atoms with Gasteiger partial charge in [-0.3, -0.25) is 4.79 Å². The van der Waals surface area contributed by atoms with Gasteiger partial charge in [-0.2, -0.15) is 0 Å². The minimum atomic E-state index is -0.350. The van der Waals surface area contributed by atoms with Crippen molar-refractivity contribution in [3.05, 3.63) is 58.6 Å². The number of hydrogen-bond donors (Lipinski definition) is 2. The van der Waals surface area contributed by atoms with Crippen LogP contribution in [0.2, 0.25) is 5.02 Å². The number of aromatic hydroxyl groups is 1. The molecule has 1 amide bonds. The van der Waals surface area contributed by atoms with Crippen molar-refractivity contribution in [3.63, 3.8) is 0 Å². The summed E-state index contributed by atoms with van der Waals surface area (Å²) in [6, 6.07) is 12.2. The molecule has 0 saturated carbocycles. The van der Waals surface area contributed by atoms with Gasteiger partial charge in [0, 0.05) is 12.0 Å². The third kappa shape index (κ3) is 2.67. The lowest BCUT2D eigenvalue weighted by atomic mass is 10.00. The molecule has 5 heteroatoms. The van der Waals surface area contributed by atoms with E-state index in [1.54, 1.807) is 12.1 Å². The van der Waals surface area contributed by atoms with E-state index in [1.165, 1.54) is 6.07 Å². The van der Waals surface area contributed by atoms with Crippen LogP contribution in [0, 0.1) is 0 Å². The summed E-state index contributed by atoms with van der Waals surface area (Å²) in [6.07, 6.45) is 0.685. The highest BCUT2D eigenvalue weighted by Crippen LogP contribution is 2.33. The number of halogens is 1. The third-order valence-electron chi connectivity index (χ3n) is 3.50. The highest BCUT2D eigenvalue weighted by molar-refractivity contribution is 6.32. The molecule has 1 aliphatic heterocycles. The van der Waals surface area contributed by atoms with Crippen LogP contribution in [-0.4, -0.2) is 17.6 Å². The summed E-state index contributed by atoms with van der Waals surface area (Å²) in [4.78, 5) is 12.3. The van der Waals surface area contributed by atoms with E-state index in [2.05, 4.69) is 5.32 Å². The quantitative estimate of drug-likeness (QED) is 0.895. The minimum absolute atomic E-state index is 0.138. The second kappa shape index (κ2) is 5.66. The largest absolute Gasteiger partial charge is 0.506 e. The maximum Gasteiger partial charge on any atom is 0.255 e. The highest BCUT2D eigenvalue weighted by atomic mass is 35.5. The summed E-state index contributed by atoms with van der Waals surface area (Å²) in [7, 11) is 0. The number of carbonyl (C=O) groups excluding carboxylic acids is 1. The van der Waals surface area contributed by atoms with E-state index in [9.17, 15) is 9.90 Å². The summed E-state index contributed by atoms with van der Waals surface area (Å²) in [5.41, 5.74) is 1.12. The number of amides is 1. The van der Waals surface area contributed by atoms with E-state index in [0.29, 0.717) is 13.0 Å². The number of benzene rings is 2. The summed E-state index contributed by atoms with van der Waals surface area (Å²) in [6.45, 7) is 0.545. The topological polar surface area (TPSA) is 58.6 Å². The molecule has 1 heterocycles. The average Bonchev–Trinajstić information content (AvgIpc) is 2.50. The SMILES string of the molecule is O=C(NC1CCOc2ccccc21)c1cccc(Cl)c1O. The Morgan fingerprint density at radius 2 is 2.05 bits per heavy atom. The molecule has 0 spiro atoms. The molecule has 3 rings (SSSR count). The van der Waals surface area contributed by atoms with Gasteiger partial charge in [-0.25, -0.2) is 0 Å². The lowest BCUT2D eigenvalue weighted by Gasteiger charge is -2.26. The number of fused-ring (bicyclic) bond motifs is 1. The number of ether oxygens (including phenoxy) is 1. The van der Waals surface area contributed by atoms with E-state index >= 15 is 0 Å². The Labute approximate surface area is 127 Å². The molecule has 1 unspecified atom stereocenters. The number of carbonyl (C=O) groups is 1. The second-order valence-corrected chi connectivity index (χ2v) is 5.24. The first-order valence-electron chi connectivity index (χ1n) is 6.67. The van der Waals surface area contributed by atoms with Gasteiger partial charge in [0.05, 0.1) is 23.2 Å². The minimum Gasteiger partial charge on any atom is -0.506 e. The fourth-order valence-corrected chi connectivity index (χ4v) is 2.60. The van der Waals surface area contributed by atoms with Gasteiger partial charge in [0.2, 0.25) is 0 Å². The average molecular weight is 304 g/mol. The Hall–Kier alpha value is -2.20. The number of phenols is 1. The van der Waals surface area contributed by atoms with Crippen LogP contribution in [0.15, 0.2) is 42.5 Å². The molecule has 2 aromatic carbocycles. The maximum atomic E-state index is 12.3. The Balaban J connectivity index is 1.85. The fourth-order valence-electron chi connectivity index (χ4n) is 2.43. The molecule has 2 aromatic rings. The Kier molecular flexibility index (Phi) is 3.71. The van der Waals surface area contributed by atoms with Crippen LogP contribution < -0.4 is 10.1 Å². The van der Waals surface area contributed by atoms with Crippen molar-refractivity contribution in [1.29, 1.82) is 0 Å². The molecule has 1 aliphatic rings. The molecule has 0 saturated heterocycles. The van der Waals surface area contributed by atoms with E-state index in [-0.39, 0.29) is 28.3 Å². The van der Waals surface area contributed by atoms with Crippen molar-refractivity contribution in [2.75, 3.05) is 6.61 Å². The molecule has 0 aromatic heterocycles. The first-order valence-corrected chi connectivity index (χ1v) is 7.04. The lowest BCUT2D eigenvalue weighted by molar-refractivity contribution is 0.0922. The number of rotatable bonds is 2. The van der Waals surface area contributed by atoms with Gasteiger partial charge in [-0.1, -0.05) is 35.9 Å². The van der Waals surface area contributed by atoms with E-state index in [4.69, 9.17) is 16.3 Å². The fraction of sp³-hybridized carbons (Fsp3) is 0.188. The van der Waals surface area contributed by atoms with Crippen LogP contribution in [0.4, 0.5) is 0 Å². The zero-order valence-electron chi connectivity index (χ0n) is 11.2. The van der Waals surface area contributed by atoms with Crippen LogP contribution >= 0.6 is 11.6 Å². The van der Waals surface area contributed by atoms with Crippen LogP contribution in [0.1, 0.15) is 28.4 Å². The summed E-state index contributed by atoms with van der Waals surface area (Å²) in [5.74, 6) is 0.234. The summed E-state index contributed by atoms with van der Waals surface area (Å²) in [5, 5.41) is 13.0. The third-order valence-corrected chi connectivity index (χ3v) is 3.80. The molecule has 0 bridgehead atoms. The van der Waals surface area contributed by atoms with Crippen LogP contribution in [-0.2, 0) is 0 Å². The first kappa shape index (κ1) is 13.8. The van der Waals surface area contributed by atoms with Gasteiger partial charge >= 0.3 is 0 Å². The molecule has 0 radical (unpaired) electrons. The molecular formula is C16H14ClNO3. The Morgan fingerprint density at radius 1 is 1.24 bits per heavy atom. The van der Waals surface area contributed by atoms with Gasteiger partial charge in [-0.15, -0.1) is 0 Å². The van der Waals surface area contributed by atoms with E-state index in [1.807, 2.05) is 24.3 Å². The van der Waals surface area contributed by atoms with Crippen LogP contribution in [0.5, 0.6) is 11.5 Å². The number of nitrogens with one attached hydrogen (secondary N) is 1. The van der Waals surface area contributed by atoms with Gasteiger partial charge in [-0.05, 0) is 18.2 Å². The van der Waals surface area contributed by atoms with Crippen molar-refractivity contribution in [2.45, 2.75) is 12.5 Å². The lowest BCUT2D eigenvalue weighted by Crippen LogP contribution is -2.32. The zero-order chi connectivity index (χ0) is 14.8. The van der Waals surface area contributed by atoms with Crippen molar-refractivity contribution >= 4 is 17.5 Å². The number of hydrogen-bond acceptors (Lipinski definition) is 3. The smallest absolute Gasteiger partial charge is 0.255 e. The van der Waals surface area contributed by atoms with Crippen molar-refractivity contribution in [2.24, 2.45) is 0 Å². The second-order valence-electron chi connectivity index (χ2n) is 4.84. The maximum absolute atomic E-state index is 12.3.